The van der Waals surface area contributed by atoms with Crippen LogP contribution in [0.1, 0.15) is 43.5 Å². The molecule has 0 bridgehead atoms. The number of sulfonamides is 1. The van der Waals surface area contributed by atoms with Crippen molar-refractivity contribution < 1.29 is 27.4 Å². The summed E-state index contributed by atoms with van der Waals surface area (Å²) in [6.07, 6.45) is 1.51. The lowest BCUT2D eigenvalue weighted by Gasteiger charge is -2.30. The molecule has 4 rings (SSSR count). The number of benzene rings is 2. The molecule has 1 saturated heterocycles. The van der Waals surface area contributed by atoms with Crippen molar-refractivity contribution in [3.05, 3.63) is 65.4 Å². The minimum absolute atomic E-state index is 0.0123. The van der Waals surface area contributed by atoms with Gasteiger partial charge in [0.1, 0.15) is 12.4 Å². The summed E-state index contributed by atoms with van der Waals surface area (Å²) in [6.45, 7) is 6.32. The van der Waals surface area contributed by atoms with Gasteiger partial charge in [-0.2, -0.15) is 0 Å². The zero-order chi connectivity index (χ0) is 25.9. The molecule has 1 aliphatic rings. The van der Waals surface area contributed by atoms with Crippen LogP contribution in [0.3, 0.4) is 0 Å². The van der Waals surface area contributed by atoms with E-state index in [2.05, 4.69) is 9.71 Å². The standard InChI is InChI=1S/C27H32N2O6S/c1-5-20-11-13-24(34-17-19(3)33-4)22(16-20)27(14-7-15-35-27)26(30)29-36(31,32)25-9-6-8-23-21(25)12-10-18(2)28-23/h6,8-13,16,19H,5,7,14-15,17H2,1-4H3,(H,29,30)/t19-,27+/m0/s1. The Morgan fingerprint density at radius 2 is 2.03 bits per heavy atom. The molecule has 2 atom stereocenters. The topological polar surface area (TPSA) is 104 Å². The van der Waals surface area contributed by atoms with Gasteiger partial charge in [0.05, 0.1) is 16.5 Å². The van der Waals surface area contributed by atoms with E-state index in [1.54, 1.807) is 37.4 Å². The monoisotopic (exact) mass is 512 g/mol. The molecule has 8 nitrogen and oxygen atoms in total. The quantitative estimate of drug-likeness (QED) is 0.462. The first-order chi connectivity index (χ1) is 17.2. The van der Waals surface area contributed by atoms with Crippen LogP contribution in [0.2, 0.25) is 0 Å². The third kappa shape index (κ3) is 5.09. The third-order valence-corrected chi connectivity index (χ3v) is 7.89. The van der Waals surface area contributed by atoms with Gasteiger partial charge in [-0.3, -0.25) is 9.78 Å². The average Bonchev–Trinajstić information content (AvgIpc) is 3.37. The molecule has 36 heavy (non-hydrogen) atoms. The summed E-state index contributed by atoms with van der Waals surface area (Å²) >= 11 is 0. The second-order valence-corrected chi connectivity index (χ2v) is 10.7. The number of carbonyl (C=O) groups is 1. The van der Waals surface area contributed by atoms with Crippen molar-refractivity contribution in [3.63, 3.8) is 0 Å². The first-order valence-corrected chi connectivity index (χ1v) is 13.5. The van der Waals surface area contributed by atoms with Gasteiger partial charge < -0.3 is 14.2 Å². The number of carbonyl (C=O) groups excluding carboxylic acids is 1. The van der Waals surface area contributed by atoms with E-state index in [4.69, 9.17) is 14.2 Å². The van der Waals surface area contributed by atoms with Gasteiger partial charge in [0.2, 0.25) is 0 Å². The maximum atomic E-state index is 13.8. The van der Waals surface area contributed by atoms with Crippen LogP contribution >= 0.6 is 0 Å². The lowest BCUT2D eigenvalue weighted by Crippen LogP contribution is -2.46. The SMILES string of the molecule is CCc1ccc(OC[C@H](C)OC)c([C@@]2(C(=O)NS(=O)(=O)c3cccc4nc(C)ccc34)CCCO2)c1. The molecule has 1 N–H and O–H groups in total. The van der Waals surface area contributed by atoms with Crippen LogP contribution in [0.4, 0.5) is 0 Å². The molecule has 2 aromatic carbocycles. The largest absolute Gasteiger partial charge is 0.490 e. The van der Waals surface area contributed by atoms with Gasteiger partial charge in [0.15, 0.2) is 5.60 Å². The summed E-state index contributed by atoms with van der Waals surface area (Å²) in [5, 5.41) is 0.440. The molecular formula is C27H32N2O6S. The van der Waals surface area contributed by atoms with E-state index in [0.717, 1.165) is 17.7 Å². The molecule has 0 aliphatic carbocycles. The van der Waals surface area contributed by atoms with Gasteiger partial charge in [-0.05, 0) is 75.1 Å². The van der Waals surface area contributed by atoms with Crippen LogP contribution in [-0.4, -0.2) is 45.7 Å². The number of fused-ring (bicyclic) bond motifs is 1. The Bertz CT molecular complexity index is 1370. The summed E-state index contributed by atoms with van der Waals surface area (Å²) in [7, 11) is -2.62. The van der Waals surface area contributed by atoms with Crippen LogP contribution in [0.5, 0.6) is 5.75 Å². The van der Waals surface area contributed by atoms with Crippen molar-refractivity contribution in [3.8, 4) is 5.75 Å². The fourth-order valence-electron chi connectivity index (χ4n) is 4.39. The molecule has 1 aromatic heterocycles. The highest BCUT2D eigenvalue weighted by Gasteiger charge is 2.48. The summed E-state index contributed by atoms with van der Waals surface area (Å²) < 4.78 is 46.6. The predicted octanol–water partition coefficient (Wildman–Crippen LogP) is 4.03. The second-order valence-electron chi connectivity index (χ2n) is 9.03. The van der Waals surface area contributed by atoms with Crippen molar-refractivity contribution >= 4 is 26.8 Å². The lowest BCUT2D eigenvalue weighted by atomic mass is 9.88. The Kier molecular flexibility index (Phi) is 7.63. The molecule has 9 heteroatoms. The highest BCUT2D eigenvalue weighted by molar-refractivity contribution is 7.90. The Balaban J connectivity index is 1.73. The van der Waals surface area contributed by atoms with Gasteiger partial charge >= 0.3 is 0 Å². The van der Waals surface area contributed by atoms with Crippen LogP contribution in [-0.2, 0) is 36.3 Å². The molecule has 3 aromatic rings. The number of nitrogens with one attached hydrogen (secondary N) is 1. The molecule has 2 heterocycles. The van der Waals surface area contributed by atoms with E-state index in [1.807, 2.05) is 32.9 Å². The molecule has 0 saturated carbocycles. The molecule has 1 amide bonds. The molecule has 192 valence electrons. The van der Waals surface area contributed by atoms with E-state index < -0.39 is 21.5 Å². The highest BCUT2D eigenvalue weighted by atomic mass is 32.2. The summed E-state index contributed by atoms with van der Waals surface area (Å²) in [6, 6.07) is 13.9. The Morgan fingerprint density at radius 3 is 2.72 bits per heavy atom. The van der Waals surface area contributed by atoms with E-state index >= 15 is 0 Å². The first-order valence-electron chi connectivity index (χ1n) is 12.1. The number of amides is 1. The van der Waals surface area contributed by atoms with E-state index in [9.17, 15) is 13.2 Å². The number of aryl methyl sites for hydroxylation is 2. The Labute approximate surface area is 212 Å². The van der Waals surface area contributed by atoms with Crippen molar-refractivity contribution in [2.45, 2.75) is 56.6 Å². The van der Waals surface area contributed by atoms with Crippen molar-refractivity contribution in [2.24, 2.45) is 0 Å². The molecule has 1 aliphatic heterocycles. The minimum atomic E-state index is -4.22. The smallest absolute Gasteiger partial charge is 0.270 e. The molecule has 0 radical (unpaired) electrons. The molecule has 1 fully saturated rings. The van der Waals surface area contributed by atoms with Crippen LogP contribution in [0, 0.1) is 6.92 Å². The normalized spacial score (nSPS) is 18.8. The van der Waals surface area contributed by atoms with Crippen molar-refractivity contribution in [1.82, 2.24) is 9.71 Å². The van der Waals surface area contributed by atoms with Gasteiger partial charge in [0.25, 0.3) is 15.9 Å². The zero-order valence-corrected chi connectivity index (χ0v) is 21.9. The molecule has 0 spiro atoms. The average molecular weight is 513 g/mol. The number of hydrogen-bond donors (Lipinski definition) is 1. The second kappa shape index (κ2) is 10.5. The fourth-order valence-corrected chi connectivity index (χ4v) is 5.63. The van der Waals surface area contributed by atoms with Gasteiger partial charge in [0, 0.05) is 30.4 Å². The zero-order valence-electron chi connectivity index (χ0n) is 21.0. The molecule has 0 unspecified atom stereocenters. The van der Waals surface area contributed by atoms with Crippen molar-refractivity contribution in [1.29, 1.82) is 0 Å². The van der Waals surface area contributed by atoms with Gasteiger partial charge in [-0.1, -0.05) is 19.1 Å². The first kappa shape index (κ1) is 26.1. The van der Waals surface area contributed by atoms with E-state index in [0.29, 0.717) is 41.7 Å². The van der Waals surface area contributed by atoms with Crippen LogP contribution < -0.4 is 9.46 Å². The number of hydrogen-bond acceptors (Lipinski definition) is 7. The number of rotatable bonds is 9. The predicted molar refractivity (Wildman–Crippen MR) is 136 cm³/mol. The maximum absolute atomic E-state index is 13.8. The van der Waals surface area contributed by atoms with Gasteiger partial charge in [-0.25, -0.2) is 13.1 Å². The van der Waals surface area contributed by atoms with Crippen molar-refractivity contribution in [2.75, 3.05) is 20.3 Å². The minimum Gasteiger partial charge on any atom is -0.490 e. The highest BCUT2D eigenvalue weighted by Crippen LogP contribution is 2.42. The fraction of sp³-hybridized carbons (Fsp3) is 0.407. The number of nitrogens with zero attached hydrogens (tertiary/aromatic N) is 1. The summed E-state index contributed by atoms with van der Waals surface area (Å²) in [5.74, 6) is -0.273. The van der Waals surface area contributed by atoms with E-state index in [1.165, 1.54) is 6.07 Å². The van der Waals surface area contributed by atoms with E-state index in [-0.39, 0.29) is 17.6 Å². The number of aromatic nitrogens is 1. The van der Waals surface area contributed by atoms with Crippen LogP contribution in [0.25, 0.3) is 10.9 Å². The lowest BCUT2D eigenvalue weighted by molar-refractivity contribution is -0.140. The maximum Gasteiger partial charge on any atom is 0.270 e. The van der Waals surface area contributed by atoms with Gasteiger partial charge in [-0.15, -0.1) is 0 Å². The third-order valence-electron chi connectivity index (χ3n) is 6.50. The molecular weight excluding hydrogens is 480 g/mol. The number of ether oxygens (including phenoxy) is 3. The number of pyridine rings is 1. The Hall–Kier alpha value is -3.01. The summed E-state index contributed by atoms with van der Waals surface area (Å²) in [4.78, 5) is 18.2. The number of methoxy groups -OCH3 is 1. The Morgan fingerprint density at radius 1 is 1.22 bits per heavy atom. The summed E-state index contributed by atoms with van der Waals surface area (Å²) in [5.41, 5.74) is 1.31. The van der Waals surface area contributed by atoms with Crippen LogP contribution in [0.15, 0.2) is 53.4 Å².